The summed E-state index contributed by atoms with van der Waals surface area (Å²) in [7, 11) is 0. The Morgan fingerprint density at radius 1 is 1.35 bits per heavy atom. The number of carboxylic acids is 1. The first kappa shape index (κ1) is 19.8. The molecule has 2 aromatic rings. The number of carbonyl (C=O) groups excluding carboxylic acids is 1. The van der Waals surface area contributed by atoms with E-state index in [1.807, 2.05) is 13.8 Å². The normalized spacial score (nSPS) is 12.0. The lowest BCUT2D eigenvalue weighted by molar-refractivity contribution is -0.141. The highest BCUT2D eigenvalue weighted by atomic mass is 32.2. The van der Waals surface area contributed by atoms with Gasteiger partial charge in [0.2, 0.25) is 0 Å². The summed E-state index contributed by atoms with van der Waals surface area (Å²) in [4.78, 5) is 34.8. The third-order valence-electron chi connectivity index (χ3n) is 3.74. The molecule has 1 atom stereocenters. The number of fused-ring (bicyclic) bond motifs is 1. The molecule has 1 amide bonds. The standard InChI is InChI=1S/C18H21NO6S/c1-4-11-7-16(21)25-14-6-10(2)5-13(17(11)14)24-8-15(20)19-12(9-26-3)18(22)23/h5-7,12H,4,8-9H2,1-3H3,(H,19,20)(H,22,23)/t12-/m0/s1. The summed E-state index contributed by atoms with van der Waals surface area (Å²) in [6.07, 6.45) is 2.36. The second kappa shape index (κ2) is 8.75. The van der Waals surface area contributed by atoms with E-state index in [2.05, 4.69) is 5.32 Å². The van der Waals surface area contributed by atoms with Gasteiger partial charge in [0, 0.05) is 11.8 Å². The zero-order chi connectivity index (χ0) is 19.3. The zero-order valence-electron chi connectivity index (χ0n) is 14.8. The van der Waals surface area contributed by atoms with Crippen molar-refractivity contribution in [2.24, 2.45) is 0 Å². The number of hydrogen-bond acceptors (Lipinski definition) is 6. The first-order chi connectivity index (χ1) is 12.3. The third-order valence-corrected chi connectivity index (χ3v) is 4.41. The van der Waals surface area contributed by atoms with E-state index in [9.17, 15) is 14.4 Å². The Morgan fingerprint density at radius 3 is 2.69 bits per heavy atom. The van der Waals surface area contributed by atoms with Gasteiger partial charge in [-0.2, -0.15) is 11.8 Å². The summed E-state index contributed by atoms with van der Waals surface area (Å²) in [5.74, 6) is -0.938. The van der Waals surface area contributed by atoms with E-state index in [-0.39, 0.29) is 12.4 Å². The maximum atomic E-state index is 12.1. The number of ether oxygens (including phenoxy) is 1. The molecule has 2 rings (SSSR count). The summed E-state index contributed by atoms with van der Waals surface area (Å²) in [5, 5.41) is 12.2. The fourth-order valence-corrected chi connectivity index (χ4v) is 3.14. The van der Waals surface area contributed by atoms with E-state index < -0.39 is 23.5 Å². The average molecular weight is 379 g/mol. The van der Waals surface area contributed by atoms with Crippen molar-refractivity contribution >= 4 is 34.6 Å². The van der Waals surface area contributed by atoms with Crippen LogP contribution in [0.1, 0.15) is 18.1 Å². The van der Waals surface area contributed by atoms with E-state index in [1.54, 1.807) is 18.4 Å². The Labute approximate surface area is 154 Å². The molecule has 0 fully saturated rings. The summed E-state index contributed by atoms with van der Waals surface area (Å²) in [6, 6.07) is 3.93. The van der Waals surface area contributed by atoms with Crippen molar-refractivity contribution < 1.29 is 23.8 Å². The highest BCUT2D eigenvalue weighted by Gasteiger charge is 2.20. The van der Waals surface area contributed by atoms with Crippen LogP contribution in [0.4, 0.5) is 0 Å². The first-order valence-electron chi connectivity index (χ1n) is 8.07. The smallest absolute Gasteiger partial charge is 0.336 e. The van der Waals surface area contributed by atoms with Crippen molar-refractivity contribution in [1.82, 2.24) is 5.32 Å². The molecule has 0 aliphatic heterocycles. The summed E-state index contributed by atoms with van der Waals surface area (Å²) >= 11 is 1.33. The lowest BCUT2D eigenvalue weighted by Gasteiger charge is -2.15. The van der Waals surface area contributed by atoms with E-state index in [4.69, 9.17) is 14.3 Å². The summed E-state index contributed by atoms with van der Waals surface area (Å²) < 4.78 is 10.9. The molecule has 0 spiro atoms. The molecular formula is C18H21NO6S. The van der Waals surface area contributed by atoms with Crippen LogP contribution in [-0.2, 0) is 16.0 Å². The van der Waals surface area contributed by atoms with Crippen molar-refractivity contribution in [2.75, 3.05) is 18.6 Å². The minimum atomic E-state index is -1.09. The van der Waals surface area contributed by atoms with Crippen LogP contribution in [0.25, 0.3) is 11.0 Å². The lowest BCUT2D eigenvalue weighted by atomic mass is 10.1. The van der Waals surface area contributed by atoms with Crippen molar-refractivity contribution in [1.29, 1.82) is 0 Å². The Kier molecular flexibility index (Phi) is 6.68. The molecule has 0 saturated heterocycles. The monoisotopic (exact) mass is 379 g/mol. The van der Waals surface area contributed by atoms with Gasteiger partial charge >= 0.3 is 11.6 Å². The molecule has 0 aliphatic carbocycles. The molecule has 0 saturated carbocycles. The van der Waals surface area contributed by atoms with Gasteiger partial charge in [0.25, 0.3) is 5.91 Å². The number of aliphatic carboxylic acids is 1. The summed E-state index contributed by atoms with van der Waals surface area (Å²) in [5.41, 5.74) is 1.54. The highest BCUT2D eigenvalue weighted by Crippen LogP contribution is 2.30. The van der Waals surface area contributed by atoms with Crippen LogP contribution in [0, 0.1) is 6.92 Å². The largest absolute Gasteiger partial charge is 0.483 e. The number of carbonyl (C=O) groups is 2. The van der Waals surface area contributed by atoms with Crippen molar-refractivity contribution in [3.63, 3.8) is 0 Å². The number of carboxylic acid groups (broad SMARTS) is 1. The maximum absolute atomic E-state index is 12.1. The van der Waals surface area contributed by atoms with Crippen LogP contribution in [0.5, 0.6) is 5.75 Å². The van der Waals surface area contributed by atoms with Crippen LogP contribution in [0.3, 0.4) is 0 Å². The second-order valence-electron chi connectivity index (χ2n) is 5.78. The first-order valence-corrected chi connectivity index (χ1v) is 9.46. The predicted octanol–water partition coefficient (Wildman–Crippen LogP) is 1.98. The van der Waals surface area contributed by atoms with Gasteiger partial charge < -0.3 is 19.6 Å². The SMILES string of the molecule is CCc1cc(=O)oc2cc(C)cc(OCC(=O)N[C@@H](CSC)C(=O)O)c12. The Morgan fingerprint density at radius 2 is 2.08 bits per heavy atom. The Hall–Kier alpha value is -2.48. The Bertz CT molecular complexity index is 876. The fraction of sp³-hybridized carbons (Fsp3) is 0.389. The molecule has 1 aromatic heterocycles. The molecule has 1 aromatic carbocycles. The van der Waals surface area contributed by atoms with Gasteiger partial charge in [-0.1, -0.05) is 6.92 Å². The van der Waals surface area contributed by atoms with Gasteiger partial charge in [-0.05, 0) is 42.9 Å². The lowest BCUT2D eigenvalue weighted by Crippen LogP contribution is -2.44. The second-order valence-corrected chi connectivity index (χ2v) is 6.69. The van der Waals surface area contributed by atoms with Crippen LogP contribution >= 0.6 is 11.8 Å². The highest BCUT2D eigenvalue weighted by molar-refractivity contribution is 7.98. The van der Waals surface area contributed by atoms with Crippen LogP contribution in [-0.4, -0.2) is 41.6 Å². The van der Waals surface area contributed by atoms with Crippen molar-refractivity contribution in [2.45, 2.75) is 26.3 Å². The molecule has 140 valence electrons. The quantitative estimate of drug-likeness (QED) is 0.676. The van der Waals surface area contributed by atoms with Crippen molar-refractivity contribution in [3.05, 3.63) is 39.7 Å². The number of hydrogen-bond donors (Lipinski definition) is 2. The number of rotatable bonds is 8. The molecule has 7 nitrogen and oxygen atoms in total. The number of amides is 1. The van der Waals surface area contributed by atoms with E-state index in [1.165, 1.54) is 17.8 Å². The molecule has 0 radical (unpaired) electrons. The average Bonchev–Trinajstić information content (AvgIpc) is 2.57. The third kappa shape index (κ3) is 4.78. The minimum absolute atomic E-state index is 0.263. The van der Waals surface area contributed by atoms with Crippen LogP contribution < -0.4 is 15.7 Å². The molecule has 0 bridgehead atoms. The van der Waals surface area contributed by atoms with Gasteiger partial charge in [0.15, 0.2) is 6.61 Å². The van der Waals surface area contributed by atoms with E-state index in [0.717, 1.165) is 11.1 Å². The van der Waals surface area contributed by atoms with Gasteiger partial charge in [0.05, 0.1) is 5.39 Å². The van der Waals surface area contributed by atoms with Gasteiger partial charge in [0.1, 0.15) is 17.4 Å². The minimum Gasteiger partial charge on any atom is -0.483 e. The number of thioether (sulfide) groups is 1. The van der Waals surface area contributed by atoms with Crippen LogP contribution in [0.15, 0.2) is 27.4 Å². The molecule has 0 aliphatic rings. The van der Waals surface area contributed by atoms with Gasteiger partial charge in [-0.3, -0.25) is 4.79 Å². The topological polar surface area (TPSA) is 106 Å². The zero-order valence-corrected chi connectivity index (χ0v) is 15.6. The fourth-order valence-electron chi connectivity index (χ4n) is 2.58. The van der Waals surface area contributed by atoms with Crippen molar-refractivity contribution in [3.8, 4) is 5.75 Å². The molecule has 1 heterocycles. The van der Waals surface area contributed by atoms with E-state index >= 15 is 0 Å². The number of aryl methyl sites for hydroxylation is 2. The molecular weight excluding hydrogens is 358 g/mol. The van der Waals surface area contributed by atoms with E-state index in [0.29, 0.717) is 23.1 Å². The molecule has 8 heteroatoms. The maximum Gasteiger partial charge on any atom is 0.336 e. The van der Waals surface area contributed by atoms with Crippen LogP contribution in [0.2, 0.25) is 0 Å². The predicted molar refractivity (Wildman–Crippen MR) is 100 cm³/mol. The number of benzene rings is 1. The molecule has 2 N–H and O–H groups in total. The van der Waals surface area contributed by atoms with Gasteiger partial charge in [-0.25, -0.2) is 9.59 Å². The van der Waals surface area contributed by atoms with Gasteiger partial charge in [-0.15, -0.1) is 0 Å². The molecule has 0 unspecified atom stereocenters. The number of nitrogens with one attached hydrogen (secondary N) is 1. The molecule has 26 heavy (non-hydrogen) atoms. The summed E-state index contributed by atoms with van der Waals surface area (Å²) in [6.45, 7) is 3.40. The Balaban J connectivity index is 2.24.